The van der Waals surface area contributed by atoms with Crippen molar-refractivity contribution in [1.29, 1.82) is 0 Å². The van der Waals surface area contributed by atoms with Crippen molar-refractivity contribution in [2.45, 2.75) is 39.0 Å². The smallest absolute Gasteiger partial charge is 0.144 e. The Morgan fingerprint density at radius 3 is 2.83 bits per heavy atom. The van der Waals surface area contributed by atoms with E-state index in [1.807, 2.05) is 12.1 Å². The van der Waals surface area contributed by atoms with Crippen molar-refractivity contribution < 1.29 is 4.79 Å². The number of Topliss-reactive ketones (excluding diaryl/α,β-unsaturated/α-hetero) is 1. The number of nitrogens with one attached hydrogen (secondary N) is 1. The van der Waals surface area contributed by atoms with Crippen LogP contribution < -0.4 is 5.32 Å². The van der Waals surface area contributed by atoms with Crippen LogP contribution in [0.4, 0.5) is 0 Å². The lowest BCUT2D eigenvalue weighted by Crippen LogP contribution is -2.46. The van der Waals surface area contributed by atoms with Gasteiger partial charge < -0.3 is 5.32 Å². The van der Waals surface area contributed by atoms with E-state index in [1.54, 1.807) is 12.4 Å². The summed E-state index contributed by atoms with van der Waals surface area (Å²) in [6.07, 6.45) is 8.29. The maximum Gasteiger partial charge on any atom is 0.144 e. The summed E-state index contributed by atoms with van der Waals surface area (Å²) < 4.78 is 0. The number of pyridine rings is 1. The number of nitrogens with zero attached hydrogens (tertiary/aromatic N) is 1. The number of piperidine rings is 1. The molecule has 1 N–H and O–H groups in total. The van der Waals surface area contributed by atoms with E-state index >= 15 is 0 Å². The van der Waals surface area contributed by atoms with Crippen LogP contribution in [-0.2, 0) is 11.2 Å². The van der Waals surface area contributed by atoms with E-state index in [0.29, 0.717) is 12.2 Å². The van der Waals surface area contributed by atoms with Crippen LogP contribution >= 0.6 is 0 Å². The van der Waals surface area contributed by atoms with Crippen molar-refractivity contribution in [3.05, 3.63) is 30.1 Å². The van der Waals surface area contributed by atoms with E-state index in [-0.39, 0.29) is 5.41 Å². The van der Waals surface area contributed by atoms with Crippen molar-refractivity contribution in [2.24, 2.45) is 5.41 Å². The first-order valence-electron chi connectivity index (χ1n) is 6.90. The molecule has 1 saturated heterocycles. The Hall–Kier alpha value is -1.22. The molecule has 0 aromatic carbocycles. The molecule has 0 aliphatic carbocycles. The van der Waals surface area contributed by atoms with Gasteiger partial charge in [0.2, 0.25) is 0 Å². The van der Waals surface area contributed by atoms with Crippen LogP contribution in [0.2, 0.25) is 0 Å². The molecular formula is C15H22N2O. The molecule has 1 atom stereocenters. The summed E-state index contributed by atoms with van der Waals surface area (Å²) in [4.78, 5) is 16.6. The van der Waals surface area contributed by atoms with Gasteiger partial charge in [0.1, 0.15) is 5.78 Å². The van der Waals surface area contributed by atoms with Crippen LogP contribution in [0.25, 0.3) is 0 Å². The van der Waals surface area contributed by atoms with E-state index in [0.717, 1.165) is 44.3 Å². The van der Waals surface area contributed by atoms with E-state index in [2.05, 4.69) is 17.2 Å². The van der Waals surface area contributed by atoms with Crippen LogP contribution in [0.1, 0.15) is 38.2 Å². The van der Waals surface area contributed by atoms with E-state index < -0.39 is 0 Å². The first-order chi connectivity index (χ1) is 8.77. The molecule has 1 aliphatic heterocycles. The van der Waals surface area contributed by atoms with Crippen molar-refractivity contribution in [3.63, 3.8) is 0 Å². The number of aromatic nitrogens is 1. The molecule has 0 bridgehead atoms. The van der Waals surface area contributed by atoms with Gasteiger partial charge in [-0.3, -0.25) is 9.78 Å². The van der Waals surface area contributed by atoms with Crippen LogP contribution in [0.15, 0.2) is 24.5 Å². The highest BCUT2D eigenvalue weighted by Gasteiger charge is 2.37. The second-order valence-corrected chi connectivity index (χ2v) is 5.27. The van der Waals surface area contributed by atoms with Crippen LogP contribution in [-0.4, -0.2) is 23.9 Å². The van der Waals surface area contributed by atoms with E-state index in [4.69, 9.17) is 0 Å². The first-order valence-corrected chi connectivity index (χ1v) is 6.90. The van der Waals surface area contributed by atoms with Gasteiger partial charge >= 0.3 is 0 Å². The fourth-order valence-electron chi connectivity index (χ4n) is 2.91. The highest BCUT2D eigenvalue weighted by Crippen LogP contribution is 2.33. The molecule has 2 rings (SSSR count). The quantitative estimate of drug-likeness (QED) is 0.867. The molecule has 1 aromatic heterocycles. The molecule has 2 heterocycles. The van der Waals surface area contributed by atoms with Crippen LogP contribution in [0, 0.1) is 5.41 Å². The average Bonchev–Trinajstić information content (AvgIpc) is 2.41. The van der Waals surface area contributed by atoms with Gasteiger partial charge in [-0.25, -0.2) is 0 Å². The predicted octanol–water partition coefficient (Wildman–Crippen LogP) is 2.36. The number of ketones is 1. The van der Waals surface area contributed by atoms with E-state index in [1.165, 1.54) is 0 Å². The maximum absolute atomic E-state index is 12.6. The Kier molecular flexibility index (Phi) is 4.48. The molecule has 1 aromatic rings. The molecule has 0 amide bonds. The lowest BCUT2D eigenvalue weighted by molar-refractivity contribution is -0.129. The molecule has 1 unspecified atom stereocenters. The zero-order valence-electron chi connectivity index (χ0n) is 11.1. The van der Waals surface area contributed by atoms with E-state index in [9.17, 15) is 4.79 Å². The topological polar surface area (TPSA) is 42.0 Å². The summed E-state index contributed by atoms with van der Waals surface area (Å²) in [5, 5.41) is 3.39. The Morgan fingerprint density at radius 1 is 1.44 bits per heavy atom. The minimum absolute atomic E-state index is 0.129. The SMILES string of the molecule is CCCC1(C(=O)Cc2ccncc2)CCCNC1. The van der Waals surface area contributed by atoms with Gasteiger partial charge in [-0.05, 0) is 43.5 Å². The fraction of sp³-hybridized carbons (Fsp3) is 0.600. The number of carbonyl (C=O) groups is 1. The molecular weight excluding hydrogens is 224 g/mol. The normalized spacial score (nSPS) is 23.8. The highest BCUT2D eigenvalue weighted by atomic mass is 16.1. The summed E-state index contributed by atoms with van der Waals surface area (Å²) in [6, 6.07) is 3.88. The molecule has 98 valence electrons. The lowest BCUT2D eigenvalue weighted by Gasteiger charge is -2.36. The van der Waals surface area contributed by atoms with Gasteiger partial charge in [-0.15, -0.1) is 0 Å². The Morgan fingerprint density at radius 2 is 2.22 bits per heavy atom. The second-order valence-electron chi connectivity index (χ2n) is 5.27. The standard InChI is InChI=1S/C15H22N2O/c1-2-6-15(7-3-8-17-12-15)14(18)11-13-4-9-16-10-5-13/h4-5,9-10,17H,2-3,6-8,11-12H2,1H3. The van der Waals surface area contributed by atoms with Gasteiger partial charge in [-0.2, -0.15) is 0 Å². The molecule has 3 heteroatoms. The van der Waals surface area contributed by atoms with Crippen LogP contribution in [0.3, 0.4) is 0 Å². The number of hydrogen-bond acceptors (Lipinski definition) is 3. The molecule has 0 spiro atoms. The third-order valence-corrected chi connectivity index (χ3v) is 3.91. The largest absolute Gasteiger partial charge is 0.316 e. The zero-order valence-corrected chi connectivity index (χ0v) is 11.1. The van der Waals surface area contributed by atoms with Crippen molar-refractivity contribution in [3.8, 4) is 0 Å². The number of hydrogen-bond donors (Lipinski definition) is 1. The fourth-order valence-corrected chi connectivity index (χ4v) is 2.91. The second kappa shape index (κ2) is 6.10. The van der Waals surface area contributed by atoms with Crippen molar-refractivity contribution in [2.75, 3.05) is 13.1 Å². The molecule has 0 saturated carbocycles. The number of rotatable bonds is 5. The van der Waals surface area contributed by atoms with Crippen molar-refractivity contribution >= 4 is 5.78 Å². The zero-order chi connectivity index (χ0) is 12.8. The summed E-state index contributed by atoms with van der Waals surface area (Å²) >= 11 is 0. The molecule has 0 radical (unpaired) electrons. The minimum Gasteiger partial charge on any atom is -0.316 e. The molecule has 1 fully saturated rings. The minimum atomic E-state index is -0.129. The van der Waals surface area contributed by atoms with Gasteiger partial charge in [0.25, 0.3) is 0 Å². The molecule has 18 heavy (non-hydrogen) atoms. The Bertz CT molecular complexity index is 377. The monoisotopic (exact) mass is 246 g/mol. The van der Waals surface area contributed by atoms with Gasteiger partial charge in [0.15, 0.2) is 0 Å². The highest BCUT2D eigenvalue weighted by molar-refractivity contribution is 5.87. The number of carbonyl (C=O) groups excluding carboxylic acids is 1. The molecule has 1 aliphatic rings. The Balaban J connectivity index is 2.08. The first kappa shape index (κ1) is 13.2. The van der Waals surface area contributed by atoms with Gasteiger partial charge in [0.05, 0.1) is 0 Å². The third-order valence-electron chi connectivity index (χ3n) is 3.91. The Labute approximate surface area is 109 Å². The summed E-state index contributed by atoms with van der Waals surface area (Å²) in [6.45, 7) is 4.06. The third kappa shape index (κ3) is 2.96. The predicted molar refractivity (Wildman–Crippen MR) is 72.4 cm³/mol. The van der Waals surface area contributed by atoms with Crippen molar-refractivity contribution in [1.82, 2.24) is 10.3 Å². The summed E-state index contributed by atoms with van der Waals surface area (Å²) in [7, 11) is 0. The van der Waals surface area contributed by atoms with Gasteiger partial charge in [-0.1, -0.05) is 13.3 Å². The lowest BCUT2D eigenvalue weighted by atomic mass is 9.72. The average molecular weight is 246 g/mol. The van der Waals surface area contributed by atoms with Crippen LogP contribution in [0.5, 0.6) is 0 Å². The molecule has 3 nitrogen and oxygen atoms in total. The van der Waals surface area contributed by atoms with Gasteiger partial charge in [0, 0.05) is 30.8 Å². The summed E-state index contributed by atoms with van der Waals surface area (Å²) in [5.41, 5.74) is 0.951. The summed E-state index contributed by atoms with van der Waals surface area (Å²) in [5.74, 6) is 0.391. The maximum atomic E-state index is 12.6.